The second-order valence-corrected chi connectivity index (χ2v) is 6.69. The molecule has 7 nitrogen and oxygen atoms in total. The summed E-state index contributed by atoms with van der Waals surface area (Å²) >= 11 is 0. The Balaban J connectivity index is 3.00. The van der Waals surface area contributed by atoms with Gasteiger partial charge < -0.3 is 9.68 Å². The lowest BCUT2D eigenvalue weighted by Gasteiger charge is -2.47. The normalized spacial score (nSPS) is 24.9. The average Bonchev–Trinajstić information content (AvgIpc) is 2.45. The summed E-state index contributed by atoms with van der Waals surface area (Å²) in [6, 6.07) is 0. The molecule has 1 aliphatic heterocycles. The van der Waals surface area contributed by atoms with Crippen molar-refractivity contribution >= 4 is 5.97 Å². The third-order valence-electron chi connectivity index (χ3n) is 4.28. The second-order valence-electron chi connectivity index (χ2n) is 6.69. The first-order valence-electron chi connectivity index (χ1n) is 7.39. The molecule has 1 saturated heterocycles. The van der Waals surface area contributed by atoms with E-state index in [4.69, 9.17) is 4.84 Å². The molecule has 122 valence electrons. The van der Waals surface area contributed by atoms with E-state index in [0.29, 0.717) is 6.42 Å². The zero-order chi connectivity index (χ0) is 16.3. The number of nitrogens with zero attached hydrogens (tertiary/aromatic N) is 2. The van der Waals surface area contributed by atoms with Crippen LogP contribution in [0.4, 0.5) is 0 Å². The summed E-state index contributed by atoms with van der Waals surface area (Å²) in [6.07, 6.45) is 2.84. The SMILES string of the molecule is CCC(=O)ON1C(C)(C)CCCC(CO[N+](=O)[O-])C1(C)C. The Labute approximate surface area is 125 Å². The third-order valence-corrected chi connectivity index (χ3v) is 4.28. The molecule has 0 spiro atoms. The van der Waals surface area contributed by atoms with Gasteiger partial charge >= 0.3 is 5.97 Å². The van der Waals surface area contributed by atoms with E-state index < -0.39 is 10.6 Å². The topological polar surface area (TPSA) is 81.9 Å². The maximum Gasteiger partial charge on any atom is 0.324 e. The second kappa shape index (κ2) is 6.60. The van der Waals surface area contributed by atoms with Crippen molar-refractivity contribution < 1.29 is 19.6 Å². The molecule has 1 aliphatic rings. The van der Waals surface area contributed by atoms with Crippen LogP contribution in [0.1, 0.15) is 60.3 Å². The number of hydrogen-bond acceptors (Lipinski definition) is 6. The summed E-state index contributed by atoms with van der Waals surface area (Å²) in [4.78, 5) is 32.3. The Bertz CT molecular complexity index is 395. The smallest absolute Gasteiger partial charge is 0.324 e. The highest BCUT2D eigenvalue weighted by atomic mass is 16.9. The van der Waals surface area contributed by atoms with Crippen LogP contribution in [0.5, 0.6) is 0 Å². The first kappa shape index (κ1) is 17.7. The molecule has 0 bridgehead atoms. The zero-order valence-corrected chi connectivity index (χ0v) is 13.5. The van der Waals surface area contributed by atoms with Crippen molar-refractivity contribution in [3.05, 3.63) is 10.1 Å². The summed E-state index contributed by atoms with van der Waals surface area (Å²) in [5.41, 5.74) is -0.863. The van der Waals surface area contributed by atoms with Crippen LogP contribution in [-0.2, 0) is 14.5 Å². The standard InChI is InChI=1S/C14H26N2O5/c1-6-12(17)21-15-13(2,3)9-7-8-11(14(15,4)5)10-20-16(18)19/h11H,6-10H2,1-5H3. The molecule has 1 heterocycles. The van der Waals surface area contributed by atoms with Crippen molar-refractivity contribution in [3.63, 3.8) is 0 Å². The molecule has 0 aromatic heterocycles. The van der Waals surface area contributed by atoms with E-state index in [1.165, 1.54) is 0 Å². The van der Waals surface area contributed by atoms with E-state index in [0.717, 1.165) is 19.3 Å². The molecule has 1 rings (SSSR count). The van der Waals surface area contributed by atoms with Crippen LogP contribution >= 0.6 is 0 Å². The number of rotatable bonds is 5. The summed E-state index contributed by atoms with van der Waals surface area (Å²) in [5.74, 6) is -0.388. The van der Waals surface area contributed by atoms with Gasteiger partial charge in [0, 0.05) is 12.3 Å². The minimum atomic E-state index is -0.769. The number of carbonyl (C=O) groups excluding carboxylic acids is 1. The number of carbonyl (C=O) groups is 1. The number of hydroxylamine groups is 2. The molecule has 1 fully saturated rings. The summed E-state index contributed by atoms with van der Waals surface area (Å²) in [7, 11) is 0. The van der Waals surface area contributed by atoms with E-state index in [1.54, 1.807) is 12.0 Å². The highest BCUT2D eigenvalue weighted by molar-refractivity contribution is 5.68. The summed E-state index contributed by atoms with van der Waals surface area (Å²) in [5, 5.41) is 11.4. The lowest BCUT2D eigenvalue weighted by atomic mass is 9.85. The molecule has 1 atom stereocenters. The van der Waals surface area contributed by atoms with Crippen LogP contribution in [-0.4, -0.2) is 33.8 Å². The lowest BCUT2D eigenvalue weighted by molar-refractivity contribution is -0.759. The van der Waals surface area contributed by atoms with Gasteiger partial charge in [-0.05, 0) is 40.5 Å². The minimum absolute atomic E-state index is 0.0102. The van der Waals surface area contributed by atoms with Gasteiger partial charge in [0.1, 0.15) is 6.61 Å². The van der Waals surface area contributed by atoms with E-state index in [1.807, 2.05) is 27.7 Å². The molecule has 0 aliphatic carbocycles. The maximum atomic E-state index is 11.7. The van der Waals surface area contributed by atoms with Crippen LogP contribution in [0.15, 0.2) is 0 Å². The largest absolute Gasteiger partial charge is 0.367 e. The van der Waals surface area contributed by atoms with Crippen molar-refractivity contribution in [2.45, 2.75) is 71.4 Å². The fourth-order valence-corrected chi connectivity index (χ4v) is 3.03. The molecule has 7 heteroatoms. The van der Waals surface area contributed by atoms with Gasteiger partial charge in [0.25, 0.3) is 5.09 Å². The molecule has 0 radical (unpaired) electrons. The monoisotopic (exact) mass is 302 g/mol. The molecule has 0 saturated carbocycles. The average molecular weight is 302 g/mol. The molecular formula is C14H26N2O5. The van der Waals surface area contributed by atoms with Gasteiger partial charge in [-0.15, -0.1) is 15.2 Å². The maximum absolute atomic E-state index is 11.7. The minimum Gasteiger partial charge on any atom is -0.367 e. The predicted octanol–water partition coefficient (Wildman–Crippen LogP) is 2.72. The van der Waals surface area contributed by atoms with Gasteiger partial charge in [0.15, 0.2) is 0 Å². The summed E-state index contributed by atoms with van der Waals surface area (Å²) < 4.78 is 0. The fourth-order valence-electron chi connectivity index (χ4n) is 3.03. The molecular weight excluding hydrogens is 276 g/mol. The third kappa shape index (κ3) is 4.30. The zero-order valence-electron chi connectivity index (χ0n) is 13.5. The van der Waals surface area contributed by atoms with Crippen LogP contribution in [0.25, 0.3) is 0 Å². The van der Waals surface area contributed by atoms with Crippen molar-refractivity contribution in [3.8, 4) is 0 Å². The van der Waals surface area contributed by atoms with Crippen LogP contribution in [0.3, 0.4) is 0 Å². The molecule has 0 N–H and O–H groups in total. The Kier molecular flexibility index (Phi) is 5.55. The van der Waals surface area contributed by atoms with Crippen molar-refractivity contribution in [1.29, 1.82) is 0 Å². The van der Waals surface area contributed by atoms with Gasteiger partial charge in [0.2, 0.25) is 0 Å². The van der Waals surface area contributed by atoms with Gasteiger partial charge in [-0.3, -0.25) is 4.79 Å². The van der Waals surface area contributed by atoms with E-state index in [-0.39, 0.29) is 24.0 Å². The van der Waals surface area contributed by atoms with Crippen molar-refractivity contribution in [2.75, 3.05) is 6.61 Å². The quantitative estimate of drug-likeness (QED) is 0.573. The Morgan fingerprint density at radius 2 is 2.00 bits per heavy atom. The lowest BCUT2D eigenvalue weighted by Crippen LogP contribution is -2.58. The van der Waals surface area contributed by atoms with Gasteiger partial charge in [-0.2, -0.15) is 0 Å². The van der Waals surface area contributed by atoms with Crippen LogP contribution in [0, 0.1) is 16.0 Å². The van der Waals surface area contributed by atoms with Gasteiger partial charge in [-0.1, -0.05) is 13.3 Å². The van der Waals surface area contributed by atoms with Crippen LogP contribution in [0.2, 0.25) is 0 Å². The highest BCUT2D eigenvalue weighted by Gasteiger charge is 2.47. The fraction of sp³-hybridized carbons (Fsp3) is 0.929. The molecule has 21 heavy (non-hydrogen) atoms. The first-order valence-corrected chi connectivity index (χ1v) is 7.39. The van der Waals surface area contributed by atoms with Gasteiger partial charge in [-0.25, -0.2) is 0 Å². The predicted molar refractivity (Wildman–Crippen MR) is 76.7 cm³/mol. The summed E-state index contributed by atoms with van der Waals surface area (Å²) in [6.45, 7) is 9.68. The van der Waals surface area contributed by atoms with Gasteiger partial charge in [0.05, 0.1) is 11.1 Å². The van der Waals surface area contributed by atoms with E-state index in [9.17, 15) is 14.9 Å². The number of hydrogen-bond donors (Lipinski definition) is 0. The highest BCUT2D eigenvalue weighted by Crippen LogP contribution is 2.40. The van der Waals surface area contributed by atoms with Crippen molar-refractivity contribution in [1.82, 2.24) is 5.06 Å². The van der Waals surface area contributed by atoms with Crippen LogP contribution < -0.4 is 0 Å². The molecule has 0 aromatic rings. The Morgan fingerprint density at radius 1 is 1.38 bits per heavy atom. The first-order chi connectivity index (χ1) is 9.61. The van der Waals surface area contributed by atoms with E-state index >= 15 is 0 Å². The molecule has 1 unspecified atom stereocenters. The molecule has 0 aromatic carbocycles. The molecule has 0 amide bonds. The Hall–Kier alpha value is -1.37. The van der Waals surface area contributed by atoms with Crippen molar-refractivity contribution in [2.24, 2.45) is 5.92 Å². The van der Waals surface area contributed by atoms with E-state index in [2.05, 4.69) is 4.84 Å². The Morgan fingerprint density at radius 3 is 2.52 bits per heavy atom.